The average Bonchev–Trinajstić information content (AvgIpc) is 2.75. The molecule has 3 rings (SSSR count). The number of aliphatic imine (C=N–C) groups is 1. The molecule has 1 saturated heterocycles. The quantitative estimate of drug-likeness (QED) is 0.304. The van der Waals surface area contributed by atoms with Crippen LogP contribution in [-0.4, -0.2) is 31.8 Å². The molecule has 1 aliphatic heterocycles. The van der Waals surface area contributed by atoms with E-state index in [-0.39, 0.29) is 35.9 Å². The van der Waals surface area contributed by atoms with Gasteiger partial charge in [-0.15, -0.1) is 24.0 Å². The average molecular weight is 527 g/mol. The lowest BCUT2D eigenvalue weighted by Gasteiger charge is -2.22. The molecule has 5 nitrogen and oxygen atoms in total. The van der Waals surface area contributed by atoms with Gasteiger partial charge in [-0.2, -0.15) is 0 Å². The summed E-state index contributed by atoms with van der Waals surface area (Å²) in [7, 11) is 0. The third-order valence-corrected chi connectivity index (χ3v) is 4.76. The molecule has 0 radical (unpaired) electrons. The molecular weight excluding hydrogens is 496 g/mol. The van der Waals surface area contributed by atoms with Crippen molar-refractivity contribution < 1.29 is 13.9 Å². The summed E-state index contributed by atoms with van der Waals surface area (Å²) >= 11 is 0. The molecule has 0 atom stereocenters. The van der Waals surface area contributed by atoms with Crippen molar-refractivity contribution in [3.8, 4) is 0 Å². The first-order valence-corrected chi connectivity index (χ1v) is 10.3. The van der Waals surface area contributed by atoms with Crippen molar-refractivity contribution in [2.24, 2.45) is 4.99 Å². The van der Waals surface area contributed by atoms with E-state index in [0.29, 0.717) is 25.7 Å². The minimum absolute atomic E-state index is 0. The smallest absolute Gasteiger partial charge is 0.191 e. The molecule has 30 heavy (non-hydrogen) atoms. The van der Waals surface area contributed by atoms with E-state index in [1.165, 1.54) is 12.1 Å². The van der Waals surface area contributed by atoms with Gasteiger partial charge in [0.25, 0.3) is 0 Å². The van der Waals surface area contributed by atoms with Gasteiger partial charge in [-0.05, 0) is 48.6 Å². The van der Waals surface area contributed by atoms with Crippen LogP contribution in [0, 0.1) is 5.82 Å². The zero-order valence-corrected chi connectivity index (χ0v) is 19.7. The minimum Gasteiger partial charge on any atom is -0.381 e. The number of benzene rings is 2. The Balaban J connectivity index is 0.00000320. The van der Waals surface area contributed by atoms with Crippen molar-refractivity contribution in [2.45, 2.75) is 45.6 Å². The van der Waals surface area contributed by atoms with Gasteiger partial charge < -0.3 is 20.1 Å². The summed E-state index contributed by atoms with van der Waals surface area (Å²) in [5, 5.41) is 6.48. The molecule has 0 unspecified atom stereocenters. The fourth-order valence-corrected chi connectivity index (χ4v) is 3.22. The van der Waals surface area contributed by atoms with Crippen LogP contribution in [0.25, 0.3) is 0 Å². The van der Waals surface area contributed by atoms with Crippen molar-refractivity contribution in [2.75, 3.05) is 19.8 Å². The Morgan fingerprint density at radius 1 is 1.07 bits per heavy atom. The number of rotatable bonds is 8. The molecule has 2 aromatic rings. The minimum atomic E-state index is -0.231. The molecule has 0 aromatic heterocycles. The van der Waals surface area contributed by atoms with E-state index in [4.69, 9.17) is 9.47 Å². The third kappa shape index (κ3) is 8.57. The monoisotopic (exact) mass is 527 g/mol. The molecular formula is C23H31FIN3O2. The summed E-state index contributed by atoms with van der Waals surface area (Å²) in [6, 6.07) is 14.9. The first-order valence-electron chi connectivity index (χ1n) is 10.3. The molecule has 2 aromatic carbocycles. The Hall–Kier alpha value is -1.71. The van der Waals surface area contributed by atoms with E-state index in [9.17, 15) is 4.39 Å². The van der Waals surface area contributed by atoms with Crippen LogP contribution in [0.3, 0.4) is 0 Å². The molecule has 0 saturated carbocycles. The SMILES string of the molecule is CCNC(=NCc1cccc(COC2CCOCC2)c1)NCc1cccc(F)c1.I. The van der Waals surface area contributed by atoms with Crippen LogP contribution < -0.4 is 10.6 Å². The number of ether oxygens (including phenoxy) is 2. The van der Waals surface area contributed by atoms with Crippen LogP contribution in [0.1, 0.15) is 36.5 Å². The summed E-state index contributed by atoms with van der Waals surface area (Å²) in [6.07, 6.45) is 2.22. The van der Waals surface area contributed by atoms with Crippen molar-refractivity contribution >= 4 is 29.9 Å². The Labute approximate surface area is 195 Å². The van der Waals surface area contributed by atoms with Gasteiger partial charge in [-0.25, -0.2) is 9.38 Å². The van der Waals surface area contributed by atoms with Gasteiger partial charge in [0.2, 0.25) is 0 Å². The Morgan fingerprint density at radius 3 is 2.57 bits per heavy atom. The van der Waals surface area contributed by atoms with Crippen molar-refractivity contribution in [1.29, 1.82) is 0 Å². The van der Waals surface area contributed by atoms with Crippen molar-refractivity contribution in [3.63, 3.8) is 0 Å². The molecule has 0 amide bonds. The third-order valence-electron chi connectivity index (χ3n) is 4.76. The molecule has 7 heteroatoms. The largest absolute Gasteiger partial charge is 0.381 e. The van der Waals surface area contributed by atoms with E-state index in [1.54, 1.807) is 6.07 Å². The van der Waals surface area contributed by atoms with E-state index < -0.39 is 0 Å². The zero-order valence-electron chi connectivity index (χ0n) is 17.4. The lowest BCUT2D eigenvalue weighted by Crippen LogP contribution is -2.36. The van der Waals surface area contributed by atoms with Gasteiger partial charge in [0, 0.05) is 26.3 Å². The molecule has 1 fully saturated rings. The molecule has 164 valence electrons. The Bertz CT molecular complexity index is 798. The molecule has 1 aliphatic rings. The number of halogens is 2. The maximum atomic E-state index is 13.3. The molecule has 2 N–H and O–H groups in total. The summed E-state index contributed by atoms with van der Waals surface area (Å²) in [5.41, 5.74) is 3.16. The standard InChI is InChI=1S/C23H30FN3O2.HI/c1-2-25-23(27-16-19-6-4-8-21(24)14-19)26-15-18-5-3-7-20(13-18)17-29-22-9-11-28-12-10-22;/h3-8,13-14,22H,2,9-12,15-17H2,1H3,(H2,25,26,27);1H. The van der Waals surface area contributed by atoms with E-state index in [0.717, 1.165) is 49.3 Å². The number of guanidine groups is 1. The Kier molecular flexibility index (Phi) is 11.1. The second-order valence-electron chi connectivity index (χ2n) is 7.12. The predicted octanol–water partition coefficient (Wildman–Crippen LogP) is 4.39. The predicted molar refractivity (Wildman–Crippen MR) is 129 cm³/mol. The maximum absolute atomic E-state index is 13.3. The van der Waals surface area contributed by atoms with E-state index in [2.05, 4.69) is 33.8 Å². The van der Waals surface area contributed by atoms with Crippen molar-refractivity contribution in [1.82, 2.24) is 10.6 Å². The lowest BCUT2D eigenvalue weighted by molar-refractivity contribution is -0.0390. The van der Waals surface area contributed by atoms with Gasteiger partial charge in [-0.1, -0.05) is 36.4 Å². The summed E-state index contributed by atoms with van der Waals surface area (Å²) in [5.74, 6) is 0.478. The van der Waals surface area contributed by atoms with Crippen LogP contribution in [0.5, 0.6) is 0 Å². The van der Waals surface area contributed by atoms with E-state index in [1.807, 2.05) is 19.1 Å². The fraction of sp³-hybridized carbons (Fsp3) is 0.435. The highest BCUT2D eigenvalue weighted by Crippen LogP contribution is 2.14. The van der Waals surface area contributed by atoms with Crippen LogP contribution in [0.2, 0.25) is 0 Å². The zero-order chi connectivity index (χ0) is 20.3. The Morgan fingerprint density at radius 2 is 1.80 bits per heavy atom. The van der Waals surface area contributed by atoms with Gasteiger partial charge in [0.15, 0.2) is 5.96 Å². The number of hydrogen-bond acceptors (Lipinski definition) is 3. The molecule has 0 aliphatic carbocycles. The molecule has 1 heterocycles. The highest BCUT2D eigenvalue weighted by atomic mass is 127. The first kappa shape index (κ1) is 24.6. The normalized spacial score (nSPS) is 14.8. The highest BCUT2D eigenvalue weighted by Gasteiger charge is 2.14. The summed E-state index contributed by atoms with van der Waals surface area (Å²) < 4.78 is 24.7. The number of nitrogens with one attached hydrogen (secondary N) is 2. The number of nitrogens with zero attached hydrogens (tertiary/aromatic N) is 1. The van der Waals surface area contributed by atoms with Crippen molar-refractivity contribution in [3.05, 3.63) is 71.0 Å². The maximum Gasteiger partial charge on any atom is 0.191 e. The second kappa shape index (κ2) is 13.6. The van der Waals surface area contributed by atoms with Gasteiger partial charge >= 0.3 is 0 Å². The number of hydrogen-bond donors (Lipinski definition) is 2. The highest BCUT2D eigenvalue weighted by molar-refractivity contribution is 14.0. The first-order chi connectivity index (χ1) is 14.2. The second-order valence-corrected chi connectivity index (χ2v) is 7.12. The topological polar surface area (TPSA) is 54.9 Å². The van der Waals surface area contributed by atoms with Gasteiger partial charge in [0.05, 0.1) is 19.3 Å². The molecule has 0 bridgehead atoms. The molecule has 0 spiro atoms. The van der Waals surface area contributed by atoms with Crippen LogP contribution in [-0.2, 0) is 29.2 Å². The van der Waals surface area contributed by atoms with Crippen LogP contribution in [0.4, 0.5) is 4.39 Å². The lowest BCUT2D eigenvalue weighted by atomic mass is 10.1. The van der Waals surface area contributed by atoms with Crippen LogP contribution >= 0.6 is 24.0 Å². The summed E-state index contributed by atoms with van der Waals surface area (Å²) in [4.78, 5) is 4.66. The fourth-order valence-electron chi connectivity index (χ4n) is 3.22. The summed E-state index contributed by atoms with van der Waals surface area (Å²) in [6.45, 7) is 6.04. The van der Waals surface area contributed by atoms with E-state index >= 15 is 0 Å². The van der Waals surface area contributed by atoms with Crippen LogP contribution in [0.15, 0.2) is 53.5 Å². The van der Waals surface area contributed by atoms with Gasteiger partial charge in [-0.3, -0.25) is 0 Å². The van der Waals surface area contributed by atoms with Gasteiger partial charge in [0.1, 0.15) is 5.82 Å².